The van der Waals surface area contributed by atoms with Gasteiger partial charge in [0.1, 0.15) is 5.00 Å². The molecule has 3 rings (SSSR count). The van der Waals surface area contributed by atoms with Crippen molar-refractivity contribution >= 4 is 55.5 Å². The highest BCUT2D eigenvalue weighted by molar-refractivity contribution is 7.92. The lowest BCUT2D eigenvalue weighted by Gasteiger charge is -2.09. The van der Waals surface area contributed by atoms with Crippen LogP contribution in [0.25, 0.3) is 0 Å². The number of esters is 1. The van der Waals surface area contributed by atoms with Gasteiger partial charge in [-0.15, -0.1) is 11.3 Å². The van der Waals surface area contributed by atoms with E-state index in [1.54, 1.807) is 18.4 Å². The second kappa shape index (κ2) is 9.29. The number of carbonyl (C=O) groups is 2. The molecule has 0 bridgehead atoms. The molecule has 0 atom stereocenters. The number of benzene rings is 2. The maximum absolute atomic E-state index is 12.5. The van der Waals surface area contributed by atoms with Crippen LogP contribution in [-0.4, -0.2) is 26.9 Å². The molecule has 0 saturated carbocycles. The van der Waals surface area contributed by atoms with Crippen LogP contribution in [0.3, 0.4) is 0 Å². The first-order valence-electron chi connectivity index (χ1n) is 8.74. The maximum Gasteiger partial charge on any atom is 0.341 e. The largest absolute Gasteiger partial charge is 0.462 e. The molecule has 7 nitrogen and oxygen atoms in total. The number of ether oxygens (including phenoxy) is 1. The number of hydrogen-bond acceptors (Lipinski definition) is 6. The van der Waals surface area contributed by atoms with Crippen molar-refractivity contribution in [3.63, 3.8) is 0 Å². The van der Waals surface area contributed by atoms with Crippen molar-refractivity contribution in [3.8, 4) is 0 Å². The van der Waals surface area contributed by atoms with Crippen molar-refractivity contribution in [1.29, 1.82) is 0 Å². The Morgan fingerprint density at radius 3 is 2.33 bits per heavy atom. The number of hydrogen-bond donors (Lipinski definition) is 2. The highest BCUT2D eigenvalue weighted by Gasteiger charge is 2.18. The second-order valence-electron chi connectivity index (χ2n) is 5.97. The van der Waals surface area contributed by atoms with Gasteiger partial charge in [-0.2, -0.15) is 0 Å². The smallest absolute Gasteiger partial charge is 0.341 e. The van der Waals surface area contributed by atoms with E-state index in [0.717, 1.165) is 0 Å². The van der Waals surface area contributed by atoms with Crippen LogP contribution in [0.5, 0.6) is 0 Å². The van der Waals surface area contributed by atoms with Gasteiger partial charge in [0.05, 0.1) is 17.1 Å². The molecule has 0 fully saturated rings. The third-order valence-electron chi connectivity index (χ3n) is 3.91. The summed E-state index contributed by atoms with van der Waals surface area (Å²) in [7, 11) is -3.78. The first kappa shape index (κ1) is 21.8. The van der Waals surface area contributed by atoms with Gasteiger partial charge < -0.3 is 10.1 Å². The molecule has 156 valence electrons. The zero-order valence-electron chi connectivity index (χ0n) is 15.7. The van der Waals surface area contributed by atoms with E-state index >= 15 is 0 Å². The fourth-order valence-corrected chi connectivity index (χ4v) is 4.42. The average molecular weight is 465 g/mol. The minimum atomic E-state index is -3.78. The normalized spacial score (nSPS) is 11.0. The van der Waals surface area contributed by atoms with Gasteiger partial charge in [-0.1, -0.05) is 11.6 Å². The Balaban J connectivity index is 1.70. The molecular weight excluding hydrogens is 448 g/mol. The van der Waals surface area contributed by atoms with Gasteiger partial charge in [0.25, 0.3) is 15.9 Å². The fraction of sp³-hybridized carbons (Fsp3) is 0.100. The first-order valence-corrected chi connectivity index (χ1v) is 11.5. The molecular formula is C20H17ClN2O5S2. The summed E-state index contributed by atoms with van der Waals surface area (Å²) in [4.78, 5) is 24.5. The van der Waals surface area contributed by atoms with E-state index in [-0.39, 0.29) is 17.1 Å². The number of anilines is 2. The fourth-order valence-electron chi connectivity index (χ4n) is 2.47. The Morgan fingerprint density at radius 1 is 1.03 bits per heavy atom. The topological polar surface area (TPSA) is 102 Å². The summed E-state index contributed by atoms with van der Waals surface area (Å²) >= 11 is 6.99. The van der Waals surface area contributed by atoms with Crippen molar-refractivity contribution in [2.45, 2.75) is 11.8 Å². The van der Waals surface area contributed by atoms with E-state index < -0.39 is 21.9 Å². The Labute approximate surface area is 182 Å². The van der Waals surface area contributed by atoms with Crippen molar-refractivity contribution in [3.05, 3.63) is 76.1 Å². The SMILES string of the molecule is CCOC(=O)c1ccsc1NC(=O)c1ccc(NS(=O)(=O)c2ccc(Cl)cc2)cc1. The molecule has 1 aromatic heterocycles. The Morgan fingerprint density at radius 2 is 1.70 bits per heavy atom. The third-order valence-corrected chi connectivity index (χ3v) is 6.39. The Bertz CT molecular complexity index is 1160. The zero-order chi connectivity index (χ0) is 21.7. The number of nitrogens with one attached hydrogen (secondary N) is 2. The summed E-state index contributed by atoms with van der Waals surface area (Å²) in [6.45, 7) is 1.93. The van der Waals surface area contributed by atoms with Crippen LogP contribution in [0.15, 0.2) is 64.9 Å². The predicted molar refractivity (Wildman–Crippen MR) is 117 cm³/mol. The zero-order valence-corrected chi connectivity index (χ0v) is 18.1. The molecule has 0 spiro atoms. The van der Waals surface area contributed by atoms with E-state index in [2.05, 4.69) is 10.0 Å². The average Bonchev–Trinajstić information content (AvgIpc) is 3.17. The van der Waals surface area contributed by atoms with Crippen LogP contribution in [-0.2, 0) is 14.8 Å². The predicted octanol–water partition coefficient (Wildman–Crippen LogP) is 4.63. The highest BCUT2D eigenvalue weighted by Crippen LogP contribution is 2.25. The van der Waals surface area contributed by atoms with E-state index in [1.807, 2.05) is 0 Å². The molecule has 0 radical (unpaired) electrons. The molecule has 0 aliphatic carbocycles. The molecule has 10 heteroatoms. The Hall–Kier alpha value is -2.88. The van der Waals surface area contributed by atoms with Crippen molar-refractivity contribution in [2.24, 2.45) is 0 Å². The van der Waals surface area contributed by atoms with E-state index in [1.165, 1.54) is 59.9 Å². The first-order chi connectivity index (χ1) is 14.3. The molecule has 2 N–H and O–H groups in total. The number of sulfonamides is 1. The van der Waals surface area contributed by atoms with Crippen LogP contribution < -0.4 is 10.0 Å². The number of thiophene rings is 1. The number of amides is 1. The molecule has 3 aromatic rings. The van der Waals surface area contributed by atoms with Crippen molar-refractivity contribution in [2.75, 3.05) is 16.6 Å². The molecule has 1 heterocycles. The van der Waals surface area contributed by atoms with Gasteiger partial charge >= 0.3 is 5.97 Å². The molecule has 0 unspecified atom stereocenters. The number of rotatable bonds is 7. The van der Waals surface area contributed by atoms with E-state index in [9.17, 15) is 18.0 Å². The third kappa shape index (κ3) is 5.18. The van der Waals surface area contributed by atoms with E-state index in [4.69, 9.17) is 16.3 Å². The standard InChI is InChI=1S/C20H17ClN2O5S2/c1-2-28-20(25)17-11-12-29-19(17)22-18(24)13-3-7-15(8-4-13)23-30(26,27)16-9-5-14(21)6-10-16/h3-12,23H,2H2,1H3,(H,22,24). The summed E-state index contributed by atoms with van der Waals surface area (Å²) < 4.78 is 32.2. The summed E-state index contributed by atoms with van der Waals surface area (Å²) in [5, 5.41) is 5.16. The Kier molecular flexibility index (Phi) is 6.76. The quantitative estimate of drug-likeness (QED) is 0.496. The van der Waals surface area contributed by atoms with Gasteiger partial charge in [-0.05, 0) is 66.9 Å². The molecule has 1 amide bonds. The van der Waals surface area contributed by atoms with Gasteiger partial charge in [0, 0.05) is 16.3 Å². The van der Waals surface area contributed by atoms with Crippen LogP contribution in [0, 0.1) is 0 Å². The van der Waals surface area contributed by atoms with Gasteiger partial charge in [0.2, 0.25) is 0 Å². The number of carbonyl (C=O) groups excluding carboxylic acids is 2. The van der Waals surface area contributed by atoms with Crippen LogP contribution >= 0.6 is 22.9 Å². The van der Waals surface area contributed by atoms with Crippen molar-refractivity contribution in [1.82, 2.24) is 0 Å². The summed E-state index contributed by atoms with van der Waals surface area (Å²) in [5.41, 5.74) is 0.875. The van der Waals surface area contributed by atoms with E-state index in [0.29, 0.717) is 21.3 Å². The van der Waals surface area contributed by atoms with Crippen LogP contribution in [0.1, 0.15) is 27.6 Å². The maximum atomic E-state index is 12.5. The van der Waals surface area contributed by atoms with Gasteiger partial charge in [-0.25, -0.2) is 13.2 Å². The highest BCUT2D eigenvalue weighted by atomic mass is 35.5. The summed E-state index contributed by atoms with van der Waals surface area (Å²) in [6.07, 6.45) is 0. The second-order valence-corrected chi connectivity index (χ2v) is 9.01. The van der Waals surface area contributed by atoms with Gasteiger partial charge in [-0.3, -0.25) is 9.52 Å². The monoisotopic (exact) mass is 464 g/mol. The lowest BCUT2D eigenvalue weighted by molar-refractivity contribution is 0.0528. The van der Waals surface area contributed by atoms with Crippen molar-refractivity contribution < 1.29 is 22.7 Å². The lowest BCUT2D eigenvalue weighted by Crippen LogP contribution is -2.15. The summed E-state index contributed by atoms with van der Waals surface area (Å²) in [5.74, 6) is -0.948. The minimum Gasteiger partial charge on any atom is -0.462 e. The van der Waals surface area contributed by atoms with Crippen LogP contribution in [0.4, 0.5) is 10.7 Å². The molecule has 0 aliphatic rings. The van der Waals surface area contributed by atoms with Crippen LogP contribution in [0.2, 0.25) is 5.02 Å². The molecule has 0 aliphatic heterocycles. The van der Waals surface area contributed by atoms with Gasteiger partial charge in [0.15, 0.2) is 0 Å². The molecule has 2 aromatic carbocycles. The minimum absolute atomic E-state index is 0.0675. The molecule has 0 saturated heterocycles. The number of halogens is 1. The molecule has 30 heavy (non-hydrogen) atoms. The summed E-state index contributed by atoms with van der Waals surface area (Å²) in [6, 6.07) is 13.2. The lowest BCUT2D eigenvalue weighted by atomic mass is 10.2.